The van der Waals surface area contributed by atoms with Crippen LogP contribution in [0.15, 0.2) is 0 Å². The van der Waals surface area contributed by atoms with Gasteiger partial charge in [0.15, 0.2) is 6.29 Å². The number of aldehydes is 1. The van der Waals surface area contributed by atoms with Crippen LogP contribution < -0.4 is 0 Å². The molecule has 0 bridgehead atoms. The van der Waals surface area contributed by atoms with Gasteiger partial charge >= 0.3 is 0 Å². The number of hydrogen-bond acceptors (Lipinski definition) is 5. The molecule has 12 heavy (non-hydrogen) atoms. The quantitative estimate of drug-likeness (QED) is 0.364. The number of aliphatic hydroxyl groups excluding tert-OH is 4. The third-order valence-corrected chi connectivity index (χ3v) is 1.33. The highest BCUT2D eigenvalue weighted by Gasteiger charge is 2.27. The summed E-state index contributed by atoms with van der Waals surface area (Å²) in [7, 11) is 0. The Morgan fingerprint density at radius 1 is 1.08 bits per heavy atom. The second-order valence-corrected chi connectivity index (χ2v) is 2.35. The lowest BCUT2D eigenvalue weighted by molar-refractivity contribution is -0.132. The lowest BCUT2D eigenvalue weighted by Crippen LogP contribution is -2.43. The van der Waals surface area contributed by atoms with E-state index < -0.39 is 24.4 Å². The lowest BCUT2D eigenvalue weighted by Gasteiger charge is -2.21. The van der Waals surface area contributed by atoms with Crippen molar-refractivity contribution in [1.82, 2.24) is 0 Å². The van der Waals surface area contributed by atoms with E-state index in [4.69, 9.17) is 20.4 Å². The van der Waals surface area contributed by atoms with E-state index >= 15 is 0 Å². The minimum atomic E-state index is -1.65. The minimum absolute atomic E-state index is 0. The van der Waals surface area contributed by atoms with Crippen LogP contribution in [0.2, 0.25) is 0 Å². The van der Waals surface area contributed by atoms with Crippen molar-refractivity contribution in [2.75, 3.05) is 0 Å². The van der Waals surface area contributed by atoms with Gasteiger partial charge in [-0.1, -0.05) is 0 Å². The molecule has 0 spiro atoms. The molecule has 0 aliphatic carbocycles. The maximum Gasteiger partial charge on any atom is 0.151 e. The standard InChI is InChI=1S/C6H12O5.HI/c1-3(8)5(10)6(11)4(9)2-7;/h2-6,8-11H,1H3;1H/t3-,4-,5-,6-;/m0./s1. The van der Waals surface area contributed by atoms with Gasteiger partial charge in [-0.3, -0.25) is 0 Å². The van der Waals surface area contributed by atoms with Crippen LogP contribution in [-0.4, -0.2) is 51.1 Å². The zero-order valence-electron chi connectivity index (χ0n) is 6.49. The van der Waals surface area contributed by atoms with Gasteiger partial charge in [0.1, 0.15) is 18.3 Å². The van der Waals surface area contributed by atoms with Crippen LogP contribution in [0.25, 0.3) is 0 Å². The van der Waals surface area contributed by atoms with E-state index in [-0.39, 0.29) is 30.3 Å². The first kappa shape index (κ1) is 14.7. The normalized spacial score (nSPS) is 20.1. The van der Waals surface area contributed by atoms with Gasteiger partial charge in [-0.05, 0) is 6.92 Å². The average Bonchev–Trinajstić information content (AvgIpc) is 2.00. The highest BCUT2D eigenvalue weighted by atomic mass is 127. The largest absolute Gasteiger partial charge is 0.391 e. The van der Waals surface area contributed by atoms with Gasteiger partial charge < -0.3 is 25.2 Å². The molecule has 0 rings (SSSR count). The van der Waals surface area contributed by atoms with Gasteiger partial charge in [0.25, 0.3) is 0 Å². The molecular formula is C6H13IO5. The number of hydrogen-bond donors (Lipinski definition) is 4. The van der Waals surface area contributed by atoms with Gasteiger partial charge in [-0.25, -0.2) is 0 Å². The Morgan fingerprint density at radius 2 is 1.50 bits per heavy atom. The lowest BCUT2D eigenvalue weighted by atomic mass is 10.1. The third-order valence-electron chi connectivity index (χ3n) is 1.33. The van der Waals surface area contributed by atoms with Crippen molar-refractivity contribution < 1.29 is 25.2 Å². The van der Waals surface area contributed by atoms with Crippen molar-refractivity contribution in [2.45, 2.75) is 31.3 Å². The zero-order chi connectivity index (χ0) is 9.02. The maximum absolute atomic E-state index is 9.87. The first-order valence-corrected chi connectivity index (χ1v) is 3.18. The van der Waals surface area contributed by atoms with Crippen molar-refractivity contribution >= 4 is 30.3 Å². The zero-order valence-corrected chi connectivity index (χ0v) is 8.82. The number of halogens is 1. The van der Waals surface area contributed by atoms with Crippen molar-refractivity contribution in [1.29, 1.82) is 0 Å². The summed E-state index contributed by atoms with van der Waals surface area (Å²) in [5, 5.41) is 35.1. The molecule has 0 aliphatic rings. The Bertz CT molecular complexity index is 129. The van der Waals surface area contributed by atoms with Crippen molar-refractivity contribution in [2.24, 2.45) is 0 Å². The first-order chi connectivity index (χ1) is 5.00. The summed E-state index contributed by atoms with van der Waals surface area (Å²) in [6, 6.07) is 0. The van der Waals surface area contributed by atoms with Crippen LogP contribution in [-0.2, 0) is 4.79 Å². The fourth-order valence-corrected chi connectivity index (χ4v) is 0.568. The number of carbonyl (C=O) groups excluding carboxylic acids is 1. The topological polar surface area (TPSA) is 98.0 Å². The molecule has 0 fully saturated rings. The summed E-state index contributed by atoms with van der Waals surface area (Å²) < 4.78 is 0. The van der Waals surface area contributed by atoms with E-state index in [0.717, 1.165) is 0 Å². The molecule has 0 aromatic rings. The summed E-state index contributed by atoms with van der Waals surface area (Å²) in [5.74, 6) is 0. The Hall–Kier alpha value is 0.240. The van der Waals surface area contributed by atoms with Crippen molar-refractivity contribution in [3.8, 4) is 0 Å². The van der Waals surface area contributed by atoms with Crippen LogP contribution >= 0.6 is 24.0 Å². The SMILES string of the molecule is C[C@H](O)[C@H](O)[C@@H](O)[C@@H](O)C=O.I. The second-order valence-electron chi connectivity index (χ2n) is 2.35. The van der Waals surface area contributed by atoms with Gasteiger partial charge in [-0.2, -0.15) is 0 Å². The molecule has 0 aliphatic heterocycles. The summed E-state index contributed by atoms with van der Waals surface area (Å²) >= 11 is 0. The van der Waals surface area contributed by atoms with E-state index in [0.29, 0.717) is 0 Å². The molecule has 0 saturated heterocycles. The smallest absolute Gasteiger partial charge is 0.151 e. The van der Waals surface area contributed by atoms with Crippen LogP contribution in [0.1, 0.15) is 6.92 Å². The van der Waals surface area contributed by atoms with Gasteiger partial charge in [0.05, 0.1) is 6.10 Å². The average molecular weight is 292 g/mol. The number of aliphatic hydroxyl groups is 4. The molecule has 4 atom stereocenters. The molecule has 6 heteroatoms. The molecular weight excluding hydrogens is 279 g/mol. The van der Waals surface area contributed by atoms with Crippen LogP contribution in [0.5, 0.6) is 0 Å². The molecule has 0 aromatic carbocycles. The van der Waals surface area contributed by atoms with E-state index in [9.17, 15) is 4.79 Å². The van der Waals surface area contributed by atoms with Crippen LogP contribution in [0.4, 0.5) is 0 Å². The fraction of sp³-hybridized carbons (Fsp3) is 0.833. The molecule has 0 unspecified atom stereocenters. The van der Waals surface area contributed by atoms with E-state index in [1.54, 1.807) is 0 Å². The number of carbonyl (C=O) groups is 1. The molecule has 0 aromatic heterocycles. The predicted octanol–water partition coefficient (Wildman–Crippen LogP) is -1.73. The van der Waals surface area contributed by atoms with Crippen molar-refractivity contribution in [3.05, 3.63) is 0 Å². The molecule has 0 amide bonds. The molecule has 0 radical (unpaired) electrons. The first-order valence-electron chi connectivity index (χ1n) is 3.18. The second kappa shape index (κ2) is 6.72. The van der Waals surface area contributed by atoms with Gasteiger partial charge in [0.2, 0.25) is 0 Å². The third kappa shape index (κ3) is 4.31. The Labute approximate surface area is 87.0 Å². The van der Waals surface area contributed by atoms with Crippen LogP contribution in [0.3, 0.4) is 0 Å². The highest BCUT2D eigenvalue weighted by Crippen LogP contribution is 2.02. The number of rotatable bonds is 4. The van der Waals surface area contributed by atoms with Gasteiger partial charge in [-0.15, -0.1) is 24.0 Å². The maximum atomic E-state index is 9.87. The highest BCUT2D eigenvalue weighted by molar-refractivity contribution is 14.0. The molecule has 0 heterocycles. The Morgan fingerprint density at radius 3 is 1.75 bits per heavy atom. The summed E-state index contributed by atoms with van der Waals surface area (Å²) in [6.07, 6.45) is -5.88. The van der Waals surface area contributed by atoms with E-state index in [1.807, 2.05) is 0 Å². The predicted molar refractivity (Wildman–Crippen MR) is 51.2 cm³/mol. The summed E-state index contributed by atoms with van der Waals surface area (Å²) in [6.45, 7) is 1.24. The molecule has 0 saturated carbocycles. The van der Waals surface area contributed by atoms with Crippen molar-refractivity contribution in [3.63, 3.8) is 0 Å². The Balaban J connectivity index is 0. The molecule has 4 N–H and O–H groups in total. The Kier molecular flexibility index (Phi) is 8.26. The summed E-state index contributed by atoms with van der Waals surface area (Å²) in [4.78, 5) is 9.87. The van der Waals surface area contributed by atoms with Gasteiger partial charge in [0, 0.05) is 0 Å². The molecule has 5 nitrogen and oxygen atoms in total. The minimum Gasteiger partial charge on any atom is -0.391 e. The van der Waals surface area contributed by atoms with Crippen LogP contribution in [0, 0.1) is 0 Å². The molecule has 74 valence electrons. The summed E-state index contributed by atoms with van der Waals surface area (Å²) in [5.41, 5.74) is 0. The van der Waals surface area contributed by atoms with E-state index in [1.165, 1.54) is 6.92 Å². The fourth-order valence-electron chi connectivity index (χ4n) is 0.568. The monoisotopic (exact) mass is 292 g/mol. The van der Waals surface area contributed by atoms with E-state index in [2.05, 4.69) is 0 Å².